The van der Waals surface area contributed by atoms with Gasteiger partial charge in [0.2, 0.25) is 10.0 Å². The summed E-state index contributed by atoms with van der Waals surface area (Å²) in [5.41, 5.74) is 1.50. The van der Waals surface area contributed by atoms with Gasteiger partial charge >= 0.3 is 0 Å². The number of sulfonamides is 1. The van der Waals surface area contributed by atoms with Crippen LogP contribution in [0.3, 0.4) is 0 Å². The van der Waals surface area contributed by atoms with Crippen LogP contribution in [0.4, 0.5) is 5.69 Å². The number of anilines is 1. The average molecular weight is 248 g/mol. The molecule has 1 rings (SSSR count). The number of rotatable bonds is 3. The van der Waals surface area contributed by atoms with E-state index in [1.54, 1.807) is 6.07 Å². The van der Waals surface area contributed by atoms with Crippen molar-refractivity contribution in [3.63, 3.8) is 0 Å². The lowest BCUT2D eigenvalue weighted by Gasteiger charge is -2.21. The summed E-state index contributed by atoms with van der Waals surface area (Å²) in [5.74, 6) is 0. The second-order valence-corrected chi connectivity index (χ2v) is 5.75. The molecule has 84 valence electrons. The smallest absolute Gasteiger partial charge is 0.232 e. The van der Waals surface area contributed by atoms with Crippen LogP contribution in [0.1, 0.15) is 12.5 Å². The van der Waals surface area contributed by atoms with Gasteiger partial charge < -0.3 is 0 Å². The van der Waals surface area contributed by atoms with Crippen molar-refractivity contribution >= 4 is 27.3 Å². The lowest BCUT2D eigenvalue weighted by Crippen LogP contribution is -2.26. The zero-order valence-corrected chi connectivity index (χ0v) is 10.6. The number of para-hydroxylation sites is 1. The number of hydrogen-bond donors (Lipinski definition) is 0. The molecule has 0 heterocycles. The third-order valence-electron chi connectivity index (χ3n) is 2.26. The molecule has 0 bridgehead atoms. The minimum atomic E-state index is -3.26. The van der Waals surface area contributed by atoms with Gasteiger partial charge in [0.15, 0.2) is 0 Å². The molecule has 0 aromatic heterocycles. The van der Waals surface area contributed by atoms with Crippen molar-refractivity contribution in [2.45, 2.75) is 13.3 Å². The summed E-state index contributed by atoms with van der Waals surface area (Å²) >= 11 is 6.00. The molecule has 0 saturated heterocycles. The molecule has 3 nitrogen and oxygen atoms in total. The summed E-state index contributed by atoms with van der Waals surface area (Å²) in [6.45, 7) is 1.96. The number of nitrogens with zero attached hydrogens (tertiary/aromatic N) is 1. The summed E-state index contributed by atoms with van der Waals surface area (Å²) in [6.07, 6.45) is 1.91. The van der Waals surface area contributed by atoms with E-state index >= 15 is 0 Å². The first kappa shape index (κ1) is 12.3. The van der Waals surface area contributed by atoms with E-state index < -0.39 is 10.0 Å². The predicted molar refractivity (Wildman–Crippen MR) is 64.1 cm³/mol. The van der Waals surface area contributed by atoms with Crippen molar-refractivity contribution in [3.05, 3.63) is 28.8 Å². The molecular formula is C10H14ClNO2S. The van der Waals surface area contributed by atoms with Crippen molar-refractivity contribution in [2.24, 2.45) is 0 Å². The van der Waals surface area contributed by atoms with Gasteiger partial charge in [-0.25, -0.2) is 8.42 Å². The molecule has 5 heteroatoms. The molecule has 0 spiro atoms. The highest BCUT2D eigenvalue weighted by Crippen LogP contribution is 2.30. The summed E-state index contributed by atoms with van der Waals surface area (Å²) in [5, 5.41) is 0.460. The number of halogens is 1. The Morgan fingerprint density at radius 1 is 1.40 bits per heavy atom. The quantitative estimate of drug-likeness (QED) is 0.822. The molecule has 0 saturated carbocycles. The van der Waals surface area contributed by atoms with E-state index in [0.29, 0.717) is 10.7 Å². The highest BCUT2D eigenvalue weighted by molar-refractivity contribution is 7.92. The molecule has 0 aliphatic carbocycles. The minimum Gasteiger partial charge on any atom is -0.272 e. The van der Waals surface area contributed by atoms with Gasteiger partial charge in [0.25, 0.3) is 0 Å². The summed E-state index contributed by atoms with van der Waals surface area (Å²) < 4.78 is 24.1. The van der Waals surface area contributed by atoms with Gasteiger partial charge in [-0.1, -0.05) is 30.7 Å². The highest BCUT2D eigenvalue weighted by Gasteiger charge is 2.17. The second-order valence-electron chi connectivity index (χ2n) is 3.33. The second kappa shape index (κ2) is 4.41. The number of aryl methyl sites for hydroxylation is 1. The Hall–Kier alpha value is -0.740. The van der Waals surface area contributed by atoms with Crippen molar-refractivity contribution in [1.82, 2.24) is 0 Å². The fourth-order valence-electron chi connectivity index (χ4n) is 1.36. The van der Waals surface area contributed by atoms with Crippen molar-refractivity contribution in [3.8, 4) is 0 Å². The van der Waals surface area contributed by atoms with Crippen molar-refractivity contribution in [1.29, 1.82) is 0 Å². The average Bonchev–Trinajstić information content (AvgIpc) is 2.15. The first-order valence-electron chi connectivity index (χ1n) is 4.59. The van der Waals surface area contributed by atoms with Gasteiger partial charge in [0, 0.05) is 7.05 Å². The Balaban J connectivity index is 3.36. The lowest BCUT2D eigenvalue weighted by atomic mass is 10.1. The Bertz CT molecular complexity index is 456. The zero-order chi connectivity index (χ0) is 11.6. The zero-order valence-electron chi connectivity index (χ0n) is 8.99. The molecule has 0 unspecified atom stereocenters. The van der Waals surface area contributed by atoms with Gasteiger partial charge in [0.1, 0.15) is 0 Å². The van der Waals surface area contributed by atoms with Gasteiger partial charge in [-0.15, -0.1) is 0 Å². The summed E-state index contributed by atoms with van der Waals surface area (Å²) in [6, 6.07) is 5.39. The molecule has 0 aliphatic heterocycles. The lowest BCUT2D eigenvalue weighted by molar-refractivity contribution is 0.600. The fourth-order valence-corrected chi connectivity index (χ4v) is 2.28. The normalized spacial score (nSPS) is 11.5. The minimum absolute atomic E-state index is 0.460. The van der Waals surface area contributed by atoms with Crippen LogP contribution in [0.5, 0.6) is 0 Å². The molecule has 15 heavy (non-hydrogen) atoms. The maximum absolute atomic E-state index is 11.4. The van der Waals surface area contributed by atoms with Crippen LogP contribution in [-0.2, 0) is 16.4 Å². The Morgan fingerprint density at radius 3 is 2.47 bits per heavy atom. The van der Waals surface area contributed by atoms with Crippen LogP contribution in [0, 0.1) is 0 Å². The molecule has 0 amide bonds. The molecule has 1 aromatic carbocycles. The maximum atomic E-state index is 11.4. The maximum Gasteiger partial charge on any atom is 0.232 e. The first-order valence-corrected chi connectivity index (χ1v) is 6.81. The molecule has 0 atom stereocenters. The molecule has 0 fully saturated rings. The molecule has 0 N–H and O–H groups in total. The Kier molecular flexibility index (Phi) is 3.62. The van der Waals surface area contributed by atoms with Crippen molar-refractivity contribution in [2.75, 3.05) is 17.6 Å². The van der Waals surface area contributed by atoms with Crippen molar-refractivity contribution < 1.29 is 8.42 Å². The monoisotopic (exact) mass is 247 g/mol. The van der Waals surface area contributed by atoms with E-state index in [1.165, 1.54) is 11.4 Å². The predicted octanol–water partition coefficient (Wildman–Crippen LogP) is 2.30. The molecule has 1 aromatic rings. The van der Waals surface area contributed by atoms with Gasteiger partial charge in [0.05, 0.1) is 17.0 Å². The van der Waals surface area contributed by atoms with Gasteiger partial charge in [-0.2, -0.15) is 0 Å². The van der Waals surface area contributed by atoms with Crippen LogP contribution < -0.4 is 4.31 Å². The number of hydrogen-bond acceptors (Lipinski definition) is 2. The van der Waals surface area contributed by atoms with Crippen LogP contribution in [0.15, 0.2) is 18.2 Å². The fraction of sp³-hybridized carbons (Fsp3) is 0.400. The van der Waals surface area contributed by atoms with E-state index in [1.807, 2.05) is 19.1 Å². The molecule has 0 radical (unpaired) electrons. The van der Waals surface area contributed by atoms with Crippen LogP contribution in [0.2, 0.25) is 5.02 Å². The Labute approximate surface area is 95.7 Å². The highest BCUT2D eigenvalue weighted by atomic mass is 35.5. The van der Waals surface area contributed by atoms with E-state index in [-0.39, 0.29) is 0 Å². The molecule has 0 aliphatic rings. The SMILES string of the molecule is CCc1cccc(Cl)c1N(C)S(C)(=O)=O. The van der Waals surface area contributed by atoms with Crippen LogP contribution in [-0.4, -0.2) is 21.7 Å². The van der Waals surface area contributed by atoms with Crippen LogP contribution in [0.25, 0.3) is 0 Å². The summed E-state index contributed by atoms with van der Waals surface area (Å²) in [7, 11) is -1.75. The third-order valence-corrected chi connectivity index (χ3v) is 3.75. The van der Waals surface area contributed by atoms with E-state index in [9.17, 15) is 8.42 Å². The van der Waals surface area contributed by atoms with E-state index in [2.05, 4.69) is 0 Å². The van der Waals surface area contributed by atoms with Crippen LogP contribution >= 0.6 is 11.6 Å². The third kappa shape index (κ3) is 2.63. The standard InChI is InChI=1S/C10H14ClNO2S/c1-4-8-6-5-7-9(11)10(8)12(2)15(3,13)14/h5-7H,4H2,1-3H3. The Morgan fingerprint density at radius 2 is 2.00 bits per heavy atom. The number of benzene rings is 1. The van der Waals surface area contributed by atoms with Gasteiger partial charge in [-0.3, -0.25) is 4.31 Å². The van der Waals surface area contributed by atoms with Gasteiger partial charge in [-0.05, 0) is 18.1 Å². The van der Waals surface area contributed by atoms with E-state index in [0.717, 1.165) is 18.2 Å². The molecular weight excluding hydrogens is 234 g/mol. The van der Waals surface area contributed by atoms with E-state index in [4.69, 9.17) is 11.6 Å². The summed E-state index contributed by atoms with van der Waals surface area (Å²) in [4.78, 5) is 0. The largest absolute Gasteiger partial charge is 0.272 e. The first-order chi connectivity index (χ1) is 6.88. The topological polar surface area (TPSA) is 37.4 Å².